The van der Waals surface area contributed by atoms with Crippen LogP contribution >= 0.6 is 0 Å². The van der Waals surface area contributed by atoms with E-state index in [9.17, 15) is 41.7 Å². The zero-order chi connectivity index (χ0) is 25.1. The number of nitriles is 2. The van der Waals surface area contributed by atoms with Gasteiger partial charge in [0.2, 0.25) is 0 Å². The van der Waals surface area contributed by atoms with Gasteiger partial charge in [0.1, 0.15) is 17.8 Å². The molecule has 0 aromatic heterocycles. The normalized spacial score (nSPS) is 14.7. The first kappa shape index (κ1) is 24.7. The average Bonchev–Trinajstić information content (AvgIpc) is 3.32. The van der Waals surface area contributed by atoms with Crippen LogP contribution in [0.2, 0.25) is 0 Å². The van der Waals surface area contributed by atoms with Crippen LogP contribution in [0.5, 0.6) is 0 Å². The Hall–Kier alpha value is -3.93. The van der Waals surface area contributed by atoms with Crippen LogP contribution < -0.4 is 5.01 Å². The van der Waals surface area contributed by atoms with Gasteiger partial charge < -0.3 is 0 Å². The largest absolute Gasteiger partial charge is 0.416 e. The smallest absolute Gasteiger partial charge is 0.272 e. The molecule has 34 heavy (non-hydrogen) atoms. The second-order valence-electron chi connectivity index (χ2n) is 7.50. The van der Waals surface area contributed by atoms with Crippen molar-refractivity contribution in [3.05, 3.63) is 58.7 Å². The summed E-state index contributed by atoms with van der Waals surface area (Å²) in [7, 11) is 0. The molecule has 0 spiro atoms. The average molecular weight is 479 g/mol. The molecule has 0 heterocycles. The van der Waals surface area contributed by atoms with Crippen molar-refractivity contribution in [3.63, 3.8) is 0 Å². The van der Waals surface area contributed by atoms with Gasteiger partial charge in [-0.15, -0.1) is 5.11 Å². The second-order valence-corrected chi connectivity index (χ2v) is 7.50. The third kappa shape index (κ3) is 5.34. The van der Waals surface area contributed by atoms with E-state index in [2.05, 4.69) is 10.3 Å². The molecule has 0 bridgehead atoms. The van der Waals surface area contributed by atoms with Gasteiger partial charge in [0.05, 0.1) is 27.9 Å². The minimum absolute atomic E-state index is 0.297. The summed E-state index contributed by atoms with van der Waals surface area (Å²) in [5, 5.41) is 26.3. The van der Waals surface area contributed by atoms with E-state index in [1.165, 1.54) is 0 Å². The van der Waals surface area contributed by atoms with Crippen LogP contribution in [-0.4, -0.2) is 5.91 Å². The Kier molecular flexibility index (Phi) is 6.91. The number of carbonyl (C=O) groups is 1. The maximum Gasteiger partial charge on any atom is 0.416 e. The first-order valence-electron chi connectivity index (χ1n) is 9.94. The molecular weight excluding hydrogens is 464 g/mol. The van der Waals surface area contributed by atoms with E-state index in [0.29, 0.717) is 55.0 Å². The highest BCUT2D eigenvalue weighted by atomic mass is 19.4. The fourth-order valence-electron chi connectivity index (χ4n) is 3.51. The third-order valence-electron chi connectivity index (χ3n) is 5.27. The van der Waals surface area contributed by atoms with Crippen molar-refractivity contribution in [2.45, 2.75) is 38.0 Å². The lowest BCUT2D eigenvalue weighted by Crippen LogP contribution is -2.31. The summed E-state index contributed by atoms with van der Waals surface area (Å²) in [6.45, 7) is 0. The molecular formula is C22H15F6N5O. The molecule has 1 aliphatic carbocycles. The van der Waals surface area contributed by atoms with Gasteiger partial charge in [-0.25, -0.2) is 0 Å². The molecule has 6 nitrogen and oxygen atoms in total. The molecule has 0 unspecified atom stereocenters. The number of nitrogens with zero attached hydrogens (tertiary/aromatic N) is 5. The van der Waals surface area contributed by atoms with E-state index in [0.717, 1.165) is 12.1 Å². The molecule has 0 radical (unpaired) electrons. The number of hydrogen-bond donors (Lipinski definition) is 0. The molecule has 1 fully saturated rings. The Morgan fingerprint density at radius 3 is 1.94 bits per heavy atom. The van der Waals surface area contributed by atoms with Gasteiger partial charge in [0.15, 0.2) is 0 Å². The molecule has 12 heteroatoms. The van der Waals surface area contributed by atoms with Crippen LogP contribution in [0.15, 0.2) is 46.7 Å². The first-order chi connectivity index (χ1) is 16.0. The third-order valence-corrected chi connectivity index (χ3v) is 5.27. The molecule has 0 saturated heterocycles. The van der Waals surface area contributed by atoms with Gasteiger partial charge in [-0.3, -0.25) is 4.79 Å². The fraction of sp³-hybridized carbons (Fsp3) is 0.318. The van der Waals surface area contributed by atoms with Gasteiger partial charge in [-0.2, -0.15) is 41.9 Å². The van der Waals surface area contributed by atoms with Crippen molar-refractivity contribution >= 4 is 17.3 Å². The zero-order valence-corrected chi connectivity index (χ0v) is 17.3. The highest BCUT2D eigenvalue weighted by molar-refractivity contribution is 5.95. The van der Waals surface area contributed by atoms with Crippen LogP contribution in [-0.2, 0) is 17.1 Å². The molecule has 176 valence electrons. The van der Waals surface area contributed by atoms with E-state index < -0.39 is 46.7 Å². The SMILES string of the molecule is N#Cc1ccc(C(F)(F)F)cc1/N=N/N(C(=O)C1CCCC1)c1cc(C(F)(F)F)ccc1C#N. The van der Waals surface area contributed by atoms with Crippen molar-refractivity contribution in [1.29, 1.82) is 10.5 Å². The van der Waals surface area contributed by atoms with E-state index in [-0.39, 0.29) is 11.1 Å². The fourth-order valence-corrected chi connectivity index (χ4v) is 3.51. The lowest BCUT2D eigenvalue weighted by molar-refractivity contribution is -0.138. The number of carbonyl (C=O) groups excluding carboxylic acids is 1. The Balaban J connectivity index is 2.15. The highest BCUT2D eigenvalue weighted by Gasteiger charge is 2.35. The predicted octanol–water partition coefficient (Wildman–Crippen LogP) is 6.69. The van der Waals surface area contributed by atoms with Gasteiger partial charge in [0, 0.05) is 5.92 Å². The van der Waals surface area contributed by atoms with Crippen molar-refractivity contribution in [2.75, 3.05) is 5.01 Å². The van der Waals surface area contributed by atoms with Gasteiger partial charge in [-0.1, -0.05) is 18.1 Å². The number of rotatable bonds is 4. The highest BCUT2D eigenvalue weighted by Crippen LogP contribution is 2.37. The molecule has 0 aliphatic heterocycles. The van der Waals surface area contributed by atoms with Crippen molar-refractivity contribution < 1.29 is 31.1 Å². The lowest BCUT2D eigenvalue weighted by Gasteiger charge is -2.21. The number of halogens is 6. The summed E-state index contributed by atoms with van der Waals surface area (Å²) < 4.78 is 79.2. The van der Waals surface area contributed by atoms with Crippen molar-refractivity contribution in [3.8, 4) is 12.1 Å². The zero-order valence-electron chi connectivity index (χ0n) is 17.3. The summed E-state index contributed by atoms with van der Waals surface area (Å²) in [6, 6.07) is 7.50. The molecule has 1 aliphatic rings. The predicted molar refractivity (Wildman–Crippen MR) is 106 cm³/mol. The van der Waals surface area contributed by atoms with Crippen LogP contribution in [0.3, 0.4) is 0 Å². The molecule has 2 aromatic rings. The number of benzene rings is 2. The Morgan fingerprint density at radius 1 is 0.882 bits per heavy atom. The standard InChI is InChI=1S/C22H15F6N5O/c23-21(24,25)16-7-5-14(11-29)18(9-16)31-32-33(20(34)13-3-1-2-4-13)19-10-17(22(26,27)28)8-6-15(19)12-30/h5-10,13H,1-4H2/b32-31+. The quantitative estimate of drug-likeness (QED) is 0.278. The van der Waals surface area contributed by atoms with Crippen LogP contribution in [0.1, 0.15) is 47.9 Å². The molecule has 0 N–H and O–H groups in total. The summed E-state index contributed by atoms with van der Waals surface area (Å²) in [6.07, 6.45) is -7.30. The number of alkyl halides is 6. The van der Waals surface area contributed by atoms with Crippen LogP contribution in [0.25, 0.3) is 0 Å². The van der Waals surface area contributed by atoms with Crippen molar-refractivity contribution in [2.24, 2.45) is 16.3 Å². The minimum Gasteiger partial charge on any atom is -0.272 e. The molecule has 2 aromatic carbocycles. The van der Waals surface area contributed by atoms with E-state index in [4.69, 9.17) is 0 Å². The Bertz CT molecular complexity index is 1200. The van der Waals surface area contributed by atoms with Gasteiger partial charge >= 0.3 is 12.4 Å². The maximum absolute atomic E-state index is 13.3. The molecule has 0 atom stereocenters. The van der Waals surface area contributed by atoms with E-state index >= 15 is 0 Å². The Labute approximate surface area is 189 Å². The number of anilines is 1. The van der Waals surface area contributed by atoms with E-state index in [1.807, 2.05) is 0 Å². The maximum atomic E-state index is 13.3. The topological polar surface area (TPSA) is 92.6 Å². The van der Waals surface area contributed by atoms with Crippen molar-refractivity contribution in [1.82, 2.24) is 0 Å². The molecule has 1 saturated carbocycles. The summed E-state index contributed by atoms with van der Waals surface area (Å²) in [4.78, 5) is 13.1. The van der Waals surface area contributed by atoms with E-state index in [1.54, 1.807) is 12.1 Å². The number of hydrogen-bond acceptors (Lipinski definition) is 5. The summed E-state index contributed by atoms with van der Waals surface area (Å²) >= 11 is 0. The summed E-state index contributed by atoms with van der Waals surface area (Å²) in [5.41, 5.74) is -3.95. The lowest BCUT2D eigenvalue weighted by atomic mass is 10.0. The van der Waals surface area contributed by atoms with Gasteiger partial charge in [0.25, 0.3) is 5.91 Å². The van der Waals surface area contributed by atoms with Crippen LogP contribution in [0, 0.1) is 28.6 Å². The summed E-state index contributed by atoms with van der Waals surface area (Å²) in [5.74, 6) is -1.36. The minimum atomic E-state index is -4.79. The van der Waals surface area contributed by atoms with Crippen LogP contribution in [0.4, 0.5) is 37.7 Å². The monoisotopic (exact) mass is 479 g/mol. The van der Waals surface area contributed by atoms with Gasteiger partial charge in [-0.05, 0) is 49.2 Å². The molecule has 1 amide bonds. The Morgan fingerprint density at radius 2 is 1.41 bits per heavy atom. The second kappa shape index (κ2) is 9.51. The first-order valence-corrected chi connectivity index (χ1v) is 9.94. The molecule has 3 rings (SSSR count). The number of amides is 1.